The minimum atomic E-state index is -0.210. The Morgan fingerprint density at radius 3 is 2.50 bits per heavy atom. The minimum Gasteiger partial charge on any atom is -0.399 e. The Morgan fingerprint density at radius 1 is 1.20 bits per heavy atom. The molecule has 52 valence electrons. The van der Waals surface area contributed by atoms with Gasteiger partial charge in [-0.15, -0.1) is 0 Å². The lowest BCUT2D eigenvalue weighted by Gasteiger charge is -1.76. The van der Waals surface area contributed by atoms with E-state index in [1.807, 2.05) is 0 Å². The maximum atomic E-state index is 10.8. The van der Waals surface area contributed by atoms with E-state index in [1.54, 1.807) is 6.07 Å². The van der Waals surface area contributed by atoms with Crippen molar-refractivity contribution in [2.24, 2.45) is 0 Å². The smallest absolute Gasteiger partial charge is 0.197 e. The number of nitrogens with two attached hydrogens (primary N) is 1. The average Bonchev–Trinajstić information content (AvgIpc) is 2.04. The van der Waals surface area contributed by atoms with Crippen molar-refractivity contribution in [3.8, 4) is 0 Å². The summed E-state index contributed by atoms with van der Waals surface area (Å²) in [5, 5.41) is 0.191. The van der Waals surface area contributed by atoms with Gasteiger partial charge in [0.1, 0.15) is 0 Å². The molecule has 0 saturated heterocycles. The lowest BCUT2D eigenvalue weighted by atomic mass is 10.4. The number of rotatable bonds is 0. The monoisotopic (exact) mass is 155 g/mol. The zero-order valence-corrected chi connectivity index (χ0v) is 5.93. The zero-order valence-electron chi connectivity index (χ0n) is 5.17. The summed E-state index contributed by atoms with van der Waals surface area (Å²) in [5.74, 6) is 0. The first kappa shape index (κ1) is 7.09. The van der Waals surface area contributed by atoms with Crippen molar-refractivity contribution < 1.29 is 0 Å². The van der Waals surface area contributed by atoms with Crippen molar-refractivity contribution in [3.05, 3.63) is 39.5 Å². The molecule has 0 aliphatic carbocycles. The van der Waals surface area contributed by atoms with Crippen molar-refractivity contribution >= 4 is 17.3 Å². The lowest BCUT2D eigenvalue weighted by molar-refractivity contribution is 1.67. The average molecular weight is 156 g/mol. The number of halogens is 1. The van der Waals surface area contributed by atoms with Crippen LogP contribution in [-0.4, -0.2) is 0 Å². The molecule has 0 aliphatic heterocycles. The molecule has 0 amide bonds. The van der Waals surface area contributed by atoms with Gasteiger partial charge in [0.25, 0.3) is 0 Å². The van der Waals surface area contributed by atoms with E-state index in [-0.39, 0.29) is 10.5 Å². The van der Waals surface area contributed by atoms with E-state index < -0.39 is 0 Å². The fraction of sp³-hybridized carbons (Fsp3) is 0. The normalized spacial score (nSPS) is 9.30. The second-order valence-corrected chi connectivity index (χ2v) is 2.29. The largest absolute Gasteiger partial charge is 0.399 e. The molecular weight excluding hydrogens is 150 g/mol. The van der Waals surface area contributed by atoms with Crippen LogP contribution in [0.3, 0.4) is 0 Å². The van der Waals surface area contributed by atoms with Crippen molar-refractivity contribution in [3.63, 3.8) is 0 Å². The number of hydrogen-bond donors (Lipinski definition) is 1. The predicted molar refractivity (Wildman–Crippen MR) is 42.1 cm³/mol. The summed E-state index contributed by atoms with van der Waals surface area (Å²) in [7, 11) is 0. The summed E-state index contributed by atoms with van der Waals surface area (Å²) in [4.78, 5) is 10.8. The first-order valence-electron chi connectivity index (χ1n) is 2.75. The van der Waals surface area contributed by atoms with Gasteiger partial charge in [-0.1, -0.05) is 11.6 Å². The highest BCUT2D eigenvalue weighted by Gasteiger charge is 1.89. The molecule has 0 atom stereocenters. The highest BCUT2D eigenvalue weighted by molar-refractivity contribution is 6.30. The molecular formula is C7H6ClNO. The maximum absolute atomic E-state index is 10.8. The van der Waals surface area contributed by atoms with Gasteiger partial charge in [-0.3, -0.25) is 4.79 Å². The molecule has 10 heavy (non-hydrogen) atoms. The molecule has 0 aromatic heterocycles. The molecule has 1 aromatic rings. The Kier molecular flexibility index (Phi) is 1.92. The highest BCUT2D eigenvalue weighted by atomic mass is 35.5. The van der Waals surface area contributed by atoms with E-state index in [9.17, 15) is 4.79 Å². The lowest BCUT2D eigenvalue weighted by Crippen LogP contribution is -1.92. The number of nitrogen functional groups attached to an aromatic ring is 1. The zero-order chi connectivity index (χ0) is 7.56. The molecule has 0 saturated carbocycles. The van der Waals surface area contributed by atoms with E-state index in [0.29, 0.717) is 5.69 Å². The summed E-state index contributed by atoms with van der Waals surface area (Å²) >= 11 is 5.50. The third-order valence-corrected chi connectivity index (χ3v) is 1.40. The molecule has 0 unspecified atom stereocenters. The summed E-state index contributed by atoms with van der Waals surface area (Å²) < 4.78 is 0. The topological polar surface area (TPSA) is 43.1 Å². The van der Waals surface area contributed by atoms with Gasteiger partial charge in [-0.25, -0.2) is 0 Å². The second-order valence-electron chi connectivity index (χ2n) is 1.88. The van der Waals surface area contributed by atoms with Crippen molar-refractivity contribution in [1.82, 2.24) is 0 Å². The molecule has 0 radical (unpaired) electrons. The Balaban J connectivity index is 3.43. The van der Waals surface area contributed by atoms with Crippen LogP contribution >= 0.6 is 11.6 Å². The summed E-state index contributed by atoms with van der Waals surface area (Å²) in [6.45, 7) is 0. The Bertz CT molecular complexity index is 298. The predicted octanol–water partition coefficient (Wildman–Crippen LogP) is 1.28. The molecule has 2 N–H and O–H groups in total. The number of hydrogen-bond acceptors (Lipinski definition) is 2. The molecule has 0 aliphatic rings. The van der Waals surface area contributed by atoms with Gasteiger partial charge in [0.15, 0.2) is 5.43 Å². The fourth-order valence-corrected chi connectivity index (χ4v) is 0.685. The minimum absolute atomic E-state index is 0.191. The third-order valence-electron chi connectivity index (χ3n) is 1.08. The van der Waals surface area contributed by atoms with Crippen LogP contribution in [0.1, 0.15) is 0 Å². The second kappa shape index (κ2) is 2.71. The molecule has 0 bridgehead atoms. The SMILES string of the molecule is Nc1ccc(Cl)c(=O)cc1. The molecule has 3 heteroatoms. The van der Waals surface area contributed by atoms with Crippen LogP contribution in [0, 0.1) is 0 Å². The molecule has 0 spiro atoms. The van der Waals surface area contributed by atoms with Gasteiger partial charge in [0.05, 0.1) is 5.02 Å². The van der Waals surface area contributed by atoms with Crippen molar-refractivity contribution in [2.45, 2.75) is 0 Å². The van der Waals surface area contributed by atoms with Crippen LogP contribution in [0.5, 0.6) is 0 Å². The number of anilines is 1. The van der Waals surface area contributed by atoms with Gasteiger partial charge in [-0.2, -0.15) is 0 Å². The van der Waals surface area contributed by atoms with Gasteiger partial charge >= 0.3 is 0 Å². The van der Waals surface area contributed by atoms with Gasteiger partial charge in [0, 0.05) is 5.69 Å². The highest BCUT2D eigenvalue weighted by Crippen LogP contribution is 2.02. The van der Waals surface area contributed by atoms with E-state index in [4.69, 9.17) is 17.3 Å². The molecule has 0 heterocycles. The molecule has 1 rings (SSSR count). The first-order chi connectivity index (χ1) is 4.70. The first-order valence-corrected chi connectivity index (χ1v) is 3.13. The van der Waals surface area contributed by atoms with Crippen molar-refractivity contribution in [2.75, 3.05) is 5.73 Å². The van der Waals surface area contributed by atoms with Crippen LogP contribution < -0.4 is 11.2 Å². The van der Waals surface area contributed by atoms with Crippen molar-refractivity contribution in [1.29, 1.82) is 0 Å². The third kappa shape index (κ3) is 1.48. The van der Waals surface area contributed by atoms with E-state index in [0.717, 1.165) is 0 Å². The fourth-order valence-electron chi connectivity index (χ4n) is 0.559. The summed E-state index contributed by atoms with van der Waals surface area (Å²) in [6, 6.07) is 5.94. The van der Waals surface area contributed by atoms with E-state index >= 15 is 0 Å². The Labute approximate surface area is 63.2 Å². The molecule has 2 nitrogen and oxygen atoms in total. The standard InChI is InChI=1S/C7H6ClNO/c8-6-3-1-5(9)2-4-7(6)10/h1-4H,9H2. The van der Waals surface area contributed by atoms with E-state index in [1.165, 1.54) is 18.2 Å². The van der Waals surface area contributed by atoms with E-state index in [2.05, 4.69) is 0 Å². The van der Waals surface area contributed by atoms with Crippen LogP contribution in [-0.2, 0) is 0 Å². The maximum Gasteiger partial charge on any atom is 0.197 e. The molecule has 0 fully saturated rings. The van der Waals surface area contributed by atoms with Gasteiger partial charge < -0.3 is 5.73 Å². The quantitative estimate of drug-likeness (QED) is 0.614. The van der Waals surface area contributed by atoms with Crippen LogP contribution in [0.4, 0.5) is 5.69 Å². The van der Waals surface area contributed by atoms with Crippen LogP contribution in [0.2, 0.25) is 5.02 Å². The summed E-state index contributed by atoms with van der Waals surface area (Å²) in [6.07, 6.45) is 0. The Morgan fingerprint density at radius 2 is 1.80 bits per heavy atom. The van der Waals surface area contributed by atoms with Gasteiger partial charge in [0.2, 0.25) is 0 Å². The molecule has 1 aromatic carbocycles. The summed E-state index contributed by atoms with van der Waals surface area (Å²) in [5.41, 5.74) is 5.70. The Hall–Kier alpha value is -1.02. The van der Waals surface area contributed by atoms with Gasteiger partial charge in [-0.05, 0) is 24.3 Å². The van der Waals surface area contributed by atoms with Crippen LogP contribution in [0.25, 0.3) is 0 Å². The van der Waals surface area contributed by atoms with Crippen LogP contribution in [0.15, 0.2) is 29.1 Å².